The standard InChI is InChI=1S/C18H26N2O4S/c1-13(20-10-5-4-9-16(20)21)12-19-25(22,23)15-8-6-7-14-11-18(2,3)24-17(14)15/h6-8,13,19H,4-5,9-12H2,1-3H3. The van der Waals surface area contributed by atoms with E-state index in [2.05, 4.69) is 4.72 Å². The summed E-state index contributed by atoms with van der Waals surface area (Å²) < 4.78 is 34.1. The number of hydrogen-bond acceptors (Lipinski definition) is 4. The number of fused-ring (bicyclic) bond motifs is 1. The van der Waals surface area contributed by atoms with Crippen LogP contribution in [0.3, 0.4) is 0 Å². The molecule has 6 nitrogen and oxygen atoms in total. The number of rotatable bonds is 5. The fourth-order valence-electron chi connectivity index (χ4n) is 3.51. The number of nitrogens with zero attached hydrogens (tertiary/aromatic N) is 1. The summed E-state index contributed by atoms with van der Waals surface area (Å²) in [6, 6.07) is 5.05. The van der Waals surface area contributed by atoms with Gasteiger partial charge in [0, 0.05) is 32.0 Å². The normalized spacial score (nSPS) is 20.9. The van der Waals surface area contributed by atoms with Gasteiger partial charge in [-0.2, -0.15) is 0 Å². The minimum Gasteiger partial charge on any atom is -0.486 e. The van der Waals surface area contributed by atoms with Gasteiger partial charge in [-0.25, -0.2) is 13.1 Å². The molecule has 2 aliphatic heterocycles. The number of ether oxygens (including phenoxy) is 1. The molecule has 25 heavy (non-hydrogen) atoms. The van der Waals surface area contributed by atoms with E-state index < -0.39 is 15.6 Å². The van der Waals surface area contributed by atoms with Gasteiger partial charge in [-0.3, -0.25) is 4.79 Å². The number of carbonyl (C=O) groups excluding carboxylic acids is 1. The molecule has 0 bridgehead atoms. The molecular formula is C18H26N2O4S. The zero-order valence-electron chi connectivity index (χ0n) is 15.0. The van der Waals surface area contributed by atoms with E-state index in [9.17, 15) is 13.2 Å². The Kier molecular flexibility index (Phi) is 4.81. The first-order chi connectivity index (χ1) is 11.7. The highest BCUT2D eigenvalue weighted by atomic mass is 32.2. The Morgan fingerprint density at radius 1 is 1.32 bits per heavy atom. The number of nitrogens with one attached hydrogen (secondary N) is 1. The highest BCUT2D eigenvalue weighted by Gasteiger charge is 2.35. The SMILES string of the molecule is CC(CNS(=O)(=O)c1cccc2c1OC(C)(C)C2)N1CCCCC1=O. The molecule has 0 radical (unpaired) electrons. The van der Waals surface area contributed by atoms with E-state index in [1.54, 1.807) is 17.0 Å². The van der Waals surface area contributed by atoms with Gasteiger partial charge in [0.1, 0.15) is 16.2 Å². The molecule has 0 spiro atoms. The Bertz CT molecular complexity index is 773. The van der Waals surface area contributed by atoms with Crippen molar-refractivity contribution in [1.29, 1.82) is 0 Å². The monoisotopic (exact) mass is 366 g/mol. The predicted octanol–water partition coefficient (Wildman–Crippen LogP) is 2.08. The Balaban J connectivity index is 1.73. The van der Waals surface area contributed by atoms with Gasteiger partial charge >= 0.3 is 0 Å². The molecule has 1 aromatic rings. The van der Waals surface area contributed by atoms with Crippen molar-refractivity contribution in [2.24, 2.45) is 0 Å². The maximum Gasteiger partial charge on any atom is 0.244 e. The first-order valence-electron chi connectivity index (χ1n) is 8.80. The zero-order chi connectivity index (χ0) is 18.2. The number of likely N-dealkylation sites (tertiary alicyclic amines) is 1. The lowest BCUT2D eigenvalue weighted by atomic mass is 10.0. The third-order valence-corrected chi connectivity index (χ3v) is 6.25. The average Bonchev–Trinajstić information content (AvgIpc) is 2.86. The predicted molar refractivity (Wildman–Crippen MR) is 95.1 cm³/mol. The van der Waals surface area contributed by atoms with Crippen molar-refractivity contribution < 1.29 is 17.9 Å². The molecule has 0 aliphatic carbocycles. The van der Waals surface area contributed by atoms with Crippen LogP contribution in [0, 0.1) is 0 Å². The molecule has 1 unspecified atom stereocenters. The van der Waals surface area contributed by atoms with Crippen LogP contribution in [0.1, 0.15) is 45.6 Å². The van der Waals surface area contributed by atoms with E-state index >= 15 is 0 Å². The van der Waals surface area contributed by atoms with Crippen LogP contribution in [0.5, 0.6) is 5.75 Å². The lowest BCUT2D eigenvalue weighted by Crippen LogP contribution is -2.47. The quantitative estimate of drug-likeness (QED) is 0.866. The van der Waals surface area contributed by atoms with Crippen LogP contribution in [0.2, 0.25) is 0 Å². The van der Waals surface area contributed by atoms with Crippen LogP contribution < -0.4 is 9.46 Å². The van der Waals surface area contributed by atoms with E-state index in [1.165, 1.54) is 0 Å². The molecule has 1 fully saturated rings. The summed E-state index contributed by atoms with van der Waals surface area (Å²) in [5.74, 6) is 0.547. The van der Waals surface area contributed by atoms with E-state index in [4.69, 9.17) is 4.74 Å². The van der Waals surface area contributed by atoms with Gasteiger partial charge in [0.05, 0.1) is 0 Å². The third-order valence-electron chi connectivity index (χ3n) is 4.81. The Morgan fingerprint density at radius 3 is 2.80 bits per heavy atom. The molecule has 138 valence electrons. The molecule has 0 aromatic heterocycles. The Hall–Kier alpha value is -1.60. The maximum atomic E-state index is 12.8. The van der Waals surface area contributed by atoms with Crippen LogP contribution >= 0.6 is 0 Å². The van der Waals surface area contributed by atoms with Crippen molar-refractivity contribution in [1.82, 2.24) is 9.62 Å². The first kappa shape index (κ1) is 18.2. The highest BCUT2D eigenvalue weighted by molar-refractivity contribution is 7.89. The van der Waals surface area contributed by atoms with Crippen molar-refractivity contribution in [3.8, 4) is 5.75 Å². The number of piperidine rings is 1. The molecule has 1 saturated heterocycles. The van der Waals surface area contributed by atoms with Gasteiger partial charge in [-0.1, -0.05) is 12.1 Å². The van der Waals surface area contributed by atoms with Crippen LogP contribution in [0.4, 0.5) is 0 Å². The number of carbonyl (C=O) groups is 1. The second-order valence-electron chi connectivity index (χ2n) is 7.53. The van der Waals surface area contributed by atoms with Crippen LogP contribution in [0.25, 0.3) is 0 Å². The Labute approximate surface area is 149 Å². The largest absolute Gasteiger partial charge is 0.486 e. The third kappa shape index (κ3) is 3.82. The fourth-order valence-corrected chi connectivity index (χ4v) is 4.80. The summed E-state index contributed by atoms with van der Waals surface area (Å²) in [5, 5.41) is 0. The van der Waals surface area contributed by atoms with Crippen molar-refractivity contribution in [3.05, 3.63) is 23.8 Å². The molecule has 1 amide bonds. The second-order valence-corrected chi connectivity index (χ2v) is 9.26. The number of para-hydroxylation sites is 1. The van der Waals surface area contributed by atoms with Gasteiger partial charge < -0.3 is 9.64 Å². The van der Waals surface area contributed by atoms with Crippen LogP contribution in [-0.2, 0) is 21.2 Å². The molecule has 1 N–H and O–H groups in total. The summed E-state index contributed by atoms with van der Waals surface area (Å²) >= 11 is 0. The van der Waals surface area contributed by atoms with Crippen molar-refractivity contribution in [2.45, 2.75) is 63.0 Å². The summed E-state index contributed by atoms with van der Waals surface area (Å²) in [6.07, 6.45) is 3.12. The minimum atomic E-state index is -3.70. The minimum absolute atomic E-state index is 0.101. The van der Waals surface area contributed by atoms with E-state index in [1.807, 2.05) is 26.8 Å². The first-order valence-corrected chi connectivity index (χ1v) is 10.3. The average molecular weight is 366 g/mol. The molecule has 2 aliphatic rings. The van der Waals surface area contributed by atoms with Gasteiger partial charge in [-0.05, 0) is 45.2 Å². The highest BCUT2D eigenvalue weighted by Crippen LogP contribution is 2.39. The second kappa shape index (κ2) is 6.61. The van der Waals surface area contributed by atoms with Gasteiger partial charge in [0.25, 0.3) is 0 Å². The molecule has 1 aromatic carbocycles. The Morgan fingerprint density at radius 2 is 2.08 bits per heavy atom. The number of sulfonamides is 1. The van der Waals surface area contributed by atoms with Crippen LogP contribution in [0.15, 0.2) is 23.1 Å². The number of amides is 1. The van der Waals surface area contributed by atoms with Gasteiger partial charge in [-0.15, -0.1) is 0 Å². The van der Waals surface area contributed by atoms with Crippen molar-refractivity contribution >= 4 is 15.9 Å². The number of hydrogen-bond donors (Lipinski definition) is 1. The molecule has 7 heteroatoms. The van der Waals surface area contributed by atoms with E-state index in [0.717, 1.165) is 18.4 Å². The molecular weight excluding hydrogens is 340 g/mol. The van der Waals surface area contributed by atoms with E-state index in [0.29, 0.717) is 25.1 Å². The summed E-state index contributed by atoms with van der Waals surface area (Å²) in [7, 11) is -3.70. The molecule has 0 saturated carbocycles. The molecule has 1 atom stereocenters. The van der Waals surface area contributed by atoms with Gasteiger partial charge in [0.15, 0.2) is 0 Å². The molecule has 2 heterocycles. The van der Waals surface area contributed by atoms with Gasteiger partial charge in [0.2, 0.25) is 15.9 Å². The van der Waals surface area contributed by atoms with Crippen LogP contribution in [-0.4, -0.2) is 44.0 Å². The summed E-state index contributed by atoms with van der Waals surface area (Å²) in [4.78, 5) is 13.9. The van der Waals surface area contributed by atoms with Crippen molar-refractivity contribution in [3.63, 3.8) is 0 Å². The maximum absolute atomic E-state index is 12.8. The van der Waals surface area contributed by atoms with E-state index in [-0.39, 0.29) is 23.4 Å². The smallest absolute Gasteiger partial charge is 0.244 e. The lowest BCUT2D eigenvalue weighted by Gasteiger charge is -2.32. The lowest BCUT2D eigenvalue weighted by molar-refractivity contribution is -0.135. The topological polar surface area (TPSA) is 75.7 Å². The number of benzene rings is 1. The zero-order valence-corrected chi connectivity index (χ0v) is 15.9. The summed E-state index contributed by atoms with van der Waals surface area (Å²) in [5.41, 5.74) is 0.508. The molecule has 3 rings (SSSR count). The summed E-state index contributed by atoms with van der Waals surface area (Å²) in [6.45, 7) is 6.66. The fraction of sp³-hybridized carbons (Fsp3) is 0.611. The van der Waals surface area contributed by atoms with Crippen molar-refractivity contribution in [2.75, 3.05) is 13.1 Å².